The van der Waals surface area contributed by atoms with E-state index in [9.17, 15) is 4.79 Å². The zero-order valence-corrected chi connectivity index (χ0v) is 15.6. The minimum absolute atomic E-state index is 0.219. The van der Waals surface area contributed by atoms with Crippen molar-refractivity contribution in [1.82, 2.24) is 10.2 Å². The van der Waals surface area contributed by atoms with Gasteiger partial charge in [-0.05, 0) is 31.7 Å². The van der Waals surface area contributed by atoms with E-state index in [1.54, 1.807) is 6.07 Å². The molecule has 0 fully saturated rings. The van der Waals surface area contributed by atoms with Crippen molar-refractivity contribution in [3.05, 3.63) is 60.2 Å². The molecule has 0 aromatic heterocycles. The summed E-state index contributed by atoms with van der Waals surface area (Å²) in [6.07, 6.45) is -1.03. The highest BCUT2D eigenvalue weighted by Crippen LogP contribution is 2.33. The maximum atomic E-state index is 12.4. The van der Waals surface area contributed by atoms with Gasteiger partial charge < -0.3 is 14.8 Å². The molecule has 0 aliphatic carbocycles. The van der Waals surface area contributed by atoms with Crippen LogP contribution in [0.3, 0.4) is 0 Å². The molecule has 0 saturated carbocycles. The number of rotatable bonds is 5. The van der Waals surface area contributed by atoms with Crippen molar-refractivity contribution in [2.75, 3.05) is 20.1 Å². The topological polar surface area (TPSA) is 50.8 Å². The summed E-state index contributed by atoms with van der Waals surface area (Å²) in [5.74, 6) is 7.10. The van der Waals surface area contributed by atoms with Crippen LogP contribution in [0.2, 0.25) is 0 Å². The molecule has 1 aliphatic heterocycles. The molecule has 0 unspecified atom stereocenters. The predicted molar refractivity (Wildman–Crippen MR) is 105 cm³/mol. The lowest BCUT2D eigenvalue weighted by molar-refractivity contribution is -0.133. The maximum Gasteiger partial charge on any atom is 0.265 e. The number of hydrogen-bond donors (Lipinski definition) is 1. The molecule has 140 valence electrons. The fourth-order valence-corrected chi connectivity index (χ4v) is 2.84. The monoisotopic (exact) mass is 364 g/mol. The number of carbonyl (C=O) groups excluding carboxylic acids is 1. The third-order valence-corrected chi connectivity index (χ3v) is 4.22. The lowest BCUT2D eigenvalue weighted by Gasteiger charge is -2.30. The third kappa shape index (κ3) is 5.25. The van der Waals surface area contributed by atoms with Gasteiger partial charge in [0.05, 0.1) is 13.1 Å². The molecule has 5 nitrogen and oxygen atoms in total. The fraction of sp³-hybridized carbons (Fsp3) is 0.318. The second-order valence-corrected chi connectivity index (χ2v) is 6.54. The van der Waals surface area contributed by atoms with Crippen LogP contribution in [0, 0.1) is 11.8 Å². The molecule has 1 N–H and O–H groups in total. The summed E-state index contributed by atoms with van der Waals surface area (Å²) in [5, 5.41) is 2.80. The second kappa shape index (κ2) is 9.11. The van der Waals surface area contributed by atoms with Gasteiger partial charge in [0.2, 0.25) is 6.10 Å². The normalized spacial score (nSPS) is 17.7. The zero-order chi connectivity index (χ0) is 19.1. The van der Waals surface area contributed by atoms with Crippen LogP contribution in [0.15, 0.2) is 54.6 Å². The van der Waals surface area contributed by atoms with Gasteiger partial charge in [-0.1, -0.05) is 54.3 Å². The van der Waals surface area contributed by atoms with Gasteiger partial charge in [0, 0.05) is 6.54 Å². The van der Waals surface area contributed by atoms with Crippen molar-refractivity contribution in [1.29, 1.82) is 0 Å². The highest BCUT2D eigenvalue weighted by Gasteiger charge is 2.33. The van der Waals surface area contributed by atoms with E-state index in [1.165, 1.54) is 5.56 Å². The van der Waals surface area contributed by atoms with Crippen LogP contribution >= 0.6 is 0 Å². The van der Waals surface area contributed by atoms with E-state index in [0.29, 0.717) is 18.0 Å². The Hall–Kier alpha value is -2.97. The highest BCUT2D eigenvalue weighted by molar-refractivity contribution is 5.82. The number of nitrogens with one attached hydrogen (secondary N) is 1. The predicted octanol–water partition coefficient (Wildman–Crippen LogP) is 2.47. The molecule has 1 amide bonds. The first-order valence-electron chi connectivity index (χ1n) is 9.02. The van der Waals surface area contributed by atoms with Crippen LogP contribution in [-0.4, -0.2) is 43.2 Å². The van der Waals surface area contributed by atoms with E-state index in [1.807, 2.05) is 50.4 Å². The Morgan fingerprint density at radius 1 is 1.04 bits per heavy atom. The maximum absolute atomic E-state index is 12.4. The molecule has 2 aromatic rings. The van der Waals surface area contributed by atoms with Gasteiger partial charge in [-0.2, -0.15) is 0 Å². The lowest BCUT2D eigenvalue weighted by atomic mass is 10.1. The molecule has 0 bridgehead atoms. The van der Waals surface area contributed by atoms with Crippen LogP contribution in [0.1, 0.15) is 12.5 Å². The molecular weight excluding hydrogens is 340 g/mol. The summed E-state index contributed by atoms with van der Waals surface area (Å²) in [4.78, 5) is 14.5. The zero-order valence-electron chi connectivity index (χ0n) is 15.6. The Morgan fingerprint density at radius 2 is 1.70 bits per heavy atom. The van der Waals surface area contributed by atoms with Gasteiger partial charge in [-0.15, -0.1) is 0 Å². The molecule has 1 heterocycles. The number of fused-ring (bicyclic) bond motifs is 1. The van der Waals surface area contributed by atoms with E-state index in [-0.39, 0.29) is 18.6 Å². The quantitative estimate of drug-likeness (QED) is 0.828. The van der Waals surface area contributed by atoms with E-state index in [4.69, 9.17) is 9.47 Å². The van der Waals surface area contributed by atoms with E-state index in [2.05, 4.69) is 34.2 Å². The molecule has 3 rings (SSSR count). The first-order chi connectivity index (χ1) is 13.1. The average Bonchev–Trinajstić information content (AvgIpc) is 2.67. The molecule has 27 heavy (non-hydrogen) atoms. The fourth-order valence-electron chi connectivity index (χ4n) is 2.84. The number of para-hydroxylation sites is 2. The van der Waals surface area contributed by atoms with Crippen LogP contribution in [-0.2, 0) is 11.3 Å². The summed E-state index contributed by atoms with van der Waals surface area (Å²) in [6, 6.07) is 17.6. The van der Waals surface area contributed by atoms with Crippen molar-refractivity contribution in [2.45, 2.75) is 25.7 Å². The van der Waals surface area contributed by atoms with Gasteiger partial charge in [0.15, 0.2) is 11.5 Å². The van der Waals surface area contributed by atoms with Crippen molar-refractivity contribution in [2.24, 2.45) is 0 Å². The molecule has 0 saturated heterocycles. The Labute approximate surface area is 160 Å². The minimum atomic E-state index is -0.678. The number of amides is 1. The number of carbonyl (C=O) groups is 1. The average molecular weight is 364 g/mol. The number of nitrogens with zero attached hydrogens (tertiary/aromatic N) is 1. The summed E-state index contributed by atoms with van der Waals surface area (Å²) in [7, 11) is 2.02. The Balaban J connectivity index is 1.43. The molecule has 1 aliphatic rings. The van der Waals surface area contributed by atoms with Gasteiger partial charge in [-0.3, -0.25) is 9.69 Å². The van der Waals surface area contributed by atoms with Crippen LogP contribution in [0.25, 0.3) is 0 Å². The van der Waals surface area contributed by atoms with Crippen LogP contribution < -0.4 is 14.8 Å². The lowest BCUT2D eigenvalue weighted by Crippen LogP contribution is -2.49. The highest BCUT2D eigenvalue weighted by atomic mass is 16.6. The summed E-state index contributed by atoms with van der Waals surface area (Å²) < 4.78 is 11.5. The Kier molecular flexibility index (Phi) is 6.35. The van der Waals surface area contributed by atoms with Crippen LogP contribution in [0.4, 0.5) is 0 Å². The molecule has 0 spiro atoms. The Bertz CT molecular complexity index is 826. The number of hydrogen-bond acceptors (Lipinski definition) is 4. The standard InChI is InChI=1S/C22H24N2O3/c1-17-21(27-20-13-7-6-12-19(20)26-17)22(25)23-14-8-9-15-24(2)16-18-10-4-3-5-11-18/h3-7,10-13,17,21H,14-16H2,1-2H3,(H,23,25)/t17-,21-/m0/s1. The molecule has 5 heteroatoms. The van der Waals surface area contributed by atoms with Gasteiger partial charge in [0.1, 0.15) is 6.10 Å². The minimum Gasteiger partial charge on any atom is -0.482 e. The van der Waals surface area contributed by atoms with Crippen LogP contribution in [0.5, 0.6) is 11.5 Å². The Morgan fingerprint density at radius 3 is 2.44 bits per heavy atom. The molecule has 2 atom stereocenters. The SMILES string of the molecule is C[C@@H]1Oc2ccccc2O[C@@H]1C(=O)NCC#CCN(C)Cc1ccccc1. The van der Waals surface area contributed by atoms with Gasteiger partial charge in [-0.25, -0.2) is 0 Å². The summed E-state index contributed by atoms with van der Waals surface area (Å²) >= 11 is 0. The molecular formula is C22H24N2O3. The molecule has 0 radical (unpaired) electrons. The van der Waals surface area contributed by atoms with Crippen molar-refractivity contribution >= 4 is 5.91 Å². The molecule has 2 aromatic carbocycles. The third-order valence-electron chi connectivity index (χ3n) is 4.22. The van der Waals surface area contributed by atoms with E-state index < -0.39 is 6.10 Å². The van der Waals surface area contributed by atoms with Crippen molar-refractivity contribution in [3.8, 4) is 23.3 Å². The summed E-state index contributed by atoms with van der Waals surface area (Å²) in [5.41, 5.74) is 1.25. The smallest absolute Gasteiger partial charge is 0.265 e. The number of benzene rings is 2. The largest absolute Gasteiger partial charge is 0.482 e. The van der Waals surface area contributed by atoms with Crippen molar-refractivity contribution in [3.63, 3.8) is 0 Å². The number of ether oxygens (including phenoxy) is 2. The first-order valence-corrected chi connectivity index (χ1v) is 9.02. The van der Waals surface area contributed by atoms with Gasteiger partial charge >= 0.3 is 0 Å². The van der Waals surface area contributed by atoms with Gasteiger partial charge in [0.25, 0.3) is 5.91 Å². The first kappa shape index (κ1) is 18.8. The van der Waals surface area contributed by atoms with E-state index in [0.717, 1.165) is 6.54 Å². The van der Waals surface area contributed by atoms with E-state index >= 15 is 0 Å². The second-order valence-electron chi connectivity index (χ2n) is 6.54. The van der Waals surface area contributed by atoms with Crippen molar-refractivity contribution < 1.29 is 14.3 Å². The summed E-state index contributed by atoms with van der Waals surface area (Å²) in [6.45, 7) is 3.58.